The Morgan fingerprint density at radius 2 is 1.97 bits per heavy atom. The third-order valence-electron chi connectivity index (χ3n) is 4.77. The number of carbonyl (C=O) groups excluding carboxylic acids is 3. The van der Waals surface area contributed by atoms with Gasteiger partial charge in [0.2, 0.25) is 17.7 Å². The van der Waals surface area contributed by atoms with Crippen molar-refractivity contribution in [3.8, 4) is 0 Å². The van der Waals surface area contributed by atoms with E-state index < -0.39 is 0 Å². The van der Waals surface area contributed by atoms with Crippen LogP contribution >= 0.6 is 22.7 Å². The van der Waals surface area contributed by atoms with Gasteiger partial charge in [0.15, 0.2) is 5.13 Å². The fourth-order valence-electron chi connectivity index (χ4n) is 3.31. The zero-order valence-corrected chi connectivity index (χ0v) is 18.1. The van der Waals surface area contributed by atoms with Crippen molar-refractivity contribution in [2.45, 2.75) is 58.0 Å². The van der Waals surface area contributed by atoms with E-state index in [-0.39, 0.29) is 43.1 Å². The summed E-state index contributed by atoms with van der Waals surface area (Å²) in [6.07, 6.45) is 4.38. The van der Waals surface area contributed by atoms with E-state index in [4.69, 9.17) is 0 Å². The van der Waals surface area contributed by atoms with Crippen molar-refractivity contribution in [2.75, 3.05) is 11.9 Å². The summed E-state index contributed by atoms with van der Waals surface area (Å²) < 4.78 is 0. The molecule has 9 heteroatoms. The number of aryl methyl sites for hydroxylation is 1. The Morgan fingerprint density at radius 3 is 2.62 bits per heavy atom. The van der Waals surface area contributed by atoms with Crippen LogP contribution in [0.3, 0.4) is 0 Å². The van der Waals surface area contributed by atoms with Gasteiger partial charge >= 0.3 is 0 Å². The summed E-state index contributed by atoms with van der Waals surface area (Å²) in [5.74, 6) is -0.589. The molecule has 0 bridgehead atoms. The molecular formula is C20H26N4O3S2. The van der Waals surface area contributed by atoms with Gasteiger partial charge in [-0.1, -0.05) is 18.9 Å². The average Bonchev–Trinajstić information content (AvgIpc) is 3.43. The van der Waals surface area contributed by atoms with Crippen molar-refractivity contribution >= 4 is 45.5 Å². The summed E-state index contributed by atoms with van der Waals surface area (Å²) in [4.78, 5) is 44.1. The molecule has 1 aliphatic rings. The fraction of sp³-hybridized carbons (Fsp3) is 0.500. The first-order valence-electron chi connectivity index (χ1n) is 9.81. The lowest BCUT2D eigenvalue weighted by Gasteiger charge is -2.23. The lowest BCUT2D eigenvalue weighted by atomic mass is 10.2. The van der Waals surface area contributed by atoms with E-state index in [0.29, 0.717) is 11.7 Å². The van der Waals surface area contributed by atoms with Crippen LogP contribution in [0.15, 0.2) is 22.9 Å². The maximum absolute atomic E-state index is 12.8. The predicted molar refractivity (Wildman–Crippen MR) is 115 cm³/mol. The monoisotopic (exact) mass is 434 g/mol. The molecule has 2 N–H and O–H groups in total. The molecule has 0 aromatic carbocycles. The second-order valence-electron chi connectivity index (χ2n) is 7.22. The lowest BCUT2D eigenvalue weighted by Crippen LogP contribution is -2.43. The van der Waals surface area contributed by atoms with Crippen LogP contribution in [0, 0.1) is 6.92 Å². The van der Waals surface area contributed by atoms with Crippen LogP contribution in [0.5, 0.6) is 0 Å². The number of thiophene rings is 1. The van der Waals surface area contributed by atoms with E-state index >= 15 is 0 Å². The first-order valence-corrected chi connectivity index (χ1v) is 11.6. The highest BCUT2D eigenvalue weighted by Crippen LogP contribution is 2.18. The number of amides is 3. The molecule has 156 valence electrons. The van der Waals surface area contributed by atoms with Crippen LogP contribution in [0.1, 0.15) is 49.1 Å². The molecular weight excluding hydrogens is 408 g/mol. The SMILES string of the molecule is Cc1csc(NC(=O)CCC(=O)N(CC(=O)NC2CCCC2)Cc2cccs2)n1. The van der Waals surface area contributed by atoms with E-state index in [0.717, 1.165) is 36.3 Å². The van der Waals surface area contributed by atoms with Gasteiger partial charge in [0.1, 0.15) is 0 Å². The minimum absolute atomic E-state index is 0.0144. The zero-order valence-electron chi connectivity index (χ0n) is 16.5. The number of carbonyl (C=O) groups is 3. The molecule has 0 unspecified atom stereocenters. The van der Waals surface area contributed by atoms with Crippen molar-refractivity contribution in [2.24, 2.45) is 0 Å². The lowest BCUT2D eigenvalue weighted by molar-refractivity contribution is -0.137. The molecule has 0 atom stereocenters. The molecule has 0 saturated heterocycles. The van der Waals surface area contributed by atoms with Crippen molar-refractivity contribution in [1.29, 1.82) is 0 Å². The summed E-state index contributed by atoms with van der Waals surface area (Å²) in [5.41, 5.74) is 0.844. The van der Waals surface area contributed by atoms with Gasteiger partial charge in [-0.05, 0) is 31.2 Å². The summed E-state index contributed by atoms with van der Waals surface area (Å²) in [5, 5.41) is 10.1. The molecule has 1 aliphatic carbocycles. The quantitative estimate of drug-likeness (QED) is 0.633. The second-order valence-corrected chi connectivity index (χ2v) is 9.11. The smallest absolute Gasteiger partial charge is 0.239 e. The van der Waals surface area contributed by atoms with Crippen LogP contribution in [0.25, 0.3) is 0 Å². The Balaban J connectivity index is 1.53. The largest absolute Gasteiger partial charge is 0.352 e. The Kier molecular flexibility index (Phi) is 7.76. The van der Waals surface area contributed by atoms with Gasteiger partial charge in [0, 0.05) is 29.1 Å². The highest BCUT2D eigenvalue weighted by molar-refractivity contribution is 7.13. The second kappa shape index (κ2) is 10.5. The van der Waals surface area contributed by atoms with Gasteiger partial charge in [0.25, 0.3) is 0 Å². The topological polar surface area (TPSA) is 91.4 Å². The average molecular weight is 435 g/mol. The molecule has 0 radical (unpaired) electrons. The van der Waals surface area contributed by atoms with Crippen LogP contribution in [0.2, 0.25) is 0 Å². The highest BCUT2D eigenvalue weighted by atomic mass is 32.1. The first kappa shape index (κ1) is 21.4. The molecule has 2 aromatic rings. The van der Waals surface area contributed by atoms with Gasteiger partial charge in [-0.3, -0.25) is 14.4 Å². The maximum atomic E-state index is 12.8. The van der Waals surface area contributed by atoms with Gasteiger partial charge in [0.05, 0.1) is 18.8 Å². The Morgan fingerprint density at radius 1 is 1.17 bits per heavy atom. The molecule has 3 rings (SSSR count). The van der Waals surface area contributed by atoms with Crippen molar-refractivity contribution in [3.05, 3.63) is 33.5 Å². The maximum Gasteiger partial charge on any atom is 0.239 e. The zero-order chi connectivity index (χ0) is 20.6. The number of thiazole rings is 1. The molecule has 0 aliphatic heterocycles. The molecule has 2 aromatic heterocycles. The Hall–Kier alpha value is -2.26. The van der Waals surface area contributed by atoms with Crippen LogP contribution < -0.4 is 10.6 Å². The first-order chi connectivity index (χ1) is 14.0. The van der Waals surface area contributed by atoms with Crippen molar-refractivity contribution in [3.63, 3.8) is 0 Å². The molecule has 0 spiro atoms. The van der Waals surface area contributed by atoms with Crippen molar-refractivity contribution in [1.82, 2.24) is 15.2 Å². The minimum atomic E-state index is -0.251. The fourth-order valence-corrected chi connectivity index (χ4v) is 4.74. The van der Waals surface area contributed by atoms with E-state index in [2.05, 4.69) is 15.6 Å². The van der Waals surface area contributed by atoms with Gasteiger partial charge in [-0.2, -0.15) is 0 Å². The number of rotatable bonds is 9. The minimum Gasteiger partial charge on any atom is -0.352 e. The predicted octanol–water partition coefficient (Wildman–Crippen LogP) is 3.32. The number of nitrogens with one attached hydrogen (secondary N) is 2. The number of hydrogen-bond donors (Lipinski definition) is 2. The third kappa shape index (κ3) is 6.93. The molecule has 1 fully saturated rings. The Bertz CT molecular complexity index is 829. The van der Waals surface area contributed by atoms with Gasteiger partial charge in [-0.25, -0.2) is 4.98 Å². The number of aromatic nitrogens is 1. The van der Waals surface area contributed by atoms with E-state index in [1.54, 1.807) is 11.3 Å². The molecule has 3 amide bonds. The highest BCUT2D eigenvalue weighted by Gasteiger charge is 2.22. The van der Waals surface area contributed by atoms with Crippen molar-refractivity contribution < 1.29 is 14.4 Å². The number of nitrogens with zero attached hydrogens (tertiary/aromatic N) is 2. The molecule has 29 heavy (non-hydrogen) atoms. The van der Waals surface area contributed by atoms with E-state index in [1.807, 2.05) is 29.8 Å². The van der Waals surface area contributed by atoms with E-state index in [1.165, 1.54) is 16.2 Å². The third-order valence-corrected chi connectivity index (χ3v) is 6.50. The van der Waals surface area contributed by atoms with Gasteiger partial charge in [-0.15, -0.1) is 22.7 Å². The van der Waals surface area contributed by atoms with Crippen LogP contribution in [-0.2, 0) is 20.9 Å². The summed E-state index contributed by atoms with van der Waals surface area (Å²) in [6.45, 7) is 2.25. The summed E-state index contributed by atoms with van der Waals surface area (Å²) >= 11 is 2.90. The molecule has 1 saturated carbocycles. The van der Waals surface area contributed by atoms with Crippen LogP contribution in [-0.4, -0.2) is 40.2 Å². The number of anilines is 1. The molecule has 7 nitrogen and oxygen atoms in total. The molecule has 2 heterocycles. The Labute approximate surface area is 178 Å². The van der Waals surface area contributed by atoms with E-state index in [9.17, 15) is 14.4 Å². The summed E-state index contributed by atoms with van der Waals surface area (Å²) in [6, 6.07) is 4.08. The summed E-state index contributed by atoms with van der Waals surface area (Å²) in [7, 11) is 0. The number of hydrogen-bond acceptors (Lipinski definition) is 6. The normalized spacial score (nSPS) is 14.0. The standard InChI is InChI=1S/C20H26N4O3S2/c1-14-13-29-20(21-14)23-17(25)8-9-19(27)24(11-16-7-4-10-28-16)12-18(26)22-15-5-2-3-6-15/h4,7,10,13,15H,2-3,5-6,8-9,11-12H2,1H3,(H,22,26)(H,21,23,25). The van der Waals surface area contributed by atoms with Crippen LogP contribution in [0.4, 0.5) is 5.13 Å². The van der Waals surface area contributed by atoms with Gasteiger partial charge < -0.3 is 15.5 Å².